The van der Waals surface area contributed by atoms with E-state index in [2.05, 4.69) is 27.3 Å². The van der Waals surface area contributed by atoms with E-state index in [1.54, 1.807) is 14.2 Å². The summed E-state index contributed by atoms with van der Waals surface area (Å²) in [5.74, 6) is 1.03. The van der Waals surface area contributed by atoms with Crippen LogP contribution < -0.4 is 10.1 Å². The molecule has 0 aliphatic carbocycles. The molecule has 0 amide bonds. The molecule has 144 valence electrons. The lowest BCUT2D eigenvalue weighted by Crippen LogP contribution is -2.40. The molecule has 1 fully saturated rings. The third-order valence-corrected chi connectivity index (χ3v) is 5.01. The number of nitrogens with one attached hydrogen (secondary N) is 1. The fourth-order valence-electron chi connectivity index (χ4n) is 3.50. The number of guanidine groups is 1. The van der Waals surface area contributed by atoms with Gasteiger partial charge in [-0.25, -0.2) is 8.78 Å². The highest BCUT2D eigenvalue weighted by Gasteiger charge is 2.26. The van der Waals surface area contributed by atoms with Gasteiger partial charge in [0.1, 0.15) is 17.4 Å². The Morgan fingerprint density at radius 1 is 1.19 bits per heavy atom. The Morgan fingerprint density at radius 3 is 2.52 bits per heavy atom. The van der Waals surface area contributed by atoms with Gasteiger partial charge in [-0.15, -0.1) is 0 Å². The maximum absolute atomic E-state index is 13.7. The summed E-state index contributed by atoms with van der Waals surface area (Å²) in [5.41, 5.74) is 1.39. The Balaban J connectivity index is 1.55. The standard InChI is InChI=1S/C21H25F2N3O/c1-24-21(25-12-10-18-19(22)4-3-5-20(18)23)26-13-11-16(14-26)15-6-8-17(27-2)9-7-15/h3-9,16H,10-14H2,1-2H3,(H,24,25). The first kappa shape index (κ1) is 19.1. The number of halogens is 2. The monoisotopic (exact) mass is 373 g/mol. The average Bonchev–Trinajstić information content (AvgIpc) is 3.17. The van der Waals surface area contributed by atoms with Crippen molar-refractivity contribution in [3.05, 3.63) is 65.2 Å². The molecule has 1 aliphatic heterocycles. The van der Waals surface area contributed by atoms with Gasteiger partial charge in [-0.3, -0.25) is 4.99 Å². The molecule has 0 spiro atoms. The van der Waals surface area contributed by atoms with Gasteiger partial charge in [0.25, 0.3) is 0 Å². The molecule has 2 aromatic carbocycles. The summed E-state index contributed by atoms with van der Waals surface area (Å²) < 4.78 is 32.7. The first-order valence-electron chi connectivity index (χ1n) is 9.14. The van der Waals surface area contributed by atoms with Crippen LogP contribution in [0.3, 0.4) is 0 Å². The van der Waals surface area contributed by atoms with Crippen molar-refractivity contribution < 1.29 is 13.5 Å². The fourth-order valence-corrected chi connectivity index (χ4v) is 3.50. The topological polar surface area (TPSA) is 36.9 Å². The van der Waals surface area contributed by atoms with Crippen molar-refractivity contribution in [2.45, 2.75) is 18.8 Å². The zero-order chi connectivity index (χ0) is 19.2. The van der Waals surface area contributed by atoms with E-state index in [1.165, 1.54) is 23.8 Å². The first-order valence-corrected chi connectivity index (χ1v) is 9.14. The average molecular weight is 373 g/mol. The van der Waals surface area contributed by atoms with Crippen LogP contribution in [0.4, 0.5) is 8.78 Å². The Kier molecular flexibility index (Phi) is 6.27. The zero-order valence-electron chi connectivity index (χ0n) is 15.7. The fraction of sp³-hybridized carbons (Fsp3) is 0.381. The molecule has 1 heterocycles. The SMILES string of the molecule is CN=C(NCCc1c(F)cccc1F)N1CCC(c2ccc(OC)cc2)C1. The molecular formula is C21H25F2N3O. The molecule has 1 saturated heterocycles. The maximum Gasteiger partial charge on any atom is 0.193 e. The first-order chi connectivity index (χ1) is 13.1. The van der Waals surface area contributed by atoms with Crippen LogP contribution in [-0.4, -0.2) is 44.7 Å². The van der Waals surface area contributed by atoms with Gasteiger partial charge >= 0.3 is 0 Å². The van der Waals surface area contributed by atoms with Gasteiger partial charge in [0.2, 0.25) is 0 Å². The maximum atomic E-state index is 13.7. The van der Waals surface area contributed by atoms with Crippen LogP contribution in [0.1, 0.15) is 23.5 Å². The van der Waals surface area contributed by atoms with E-state index in [1.807, 2.05) is 12.1 Å². The summed E-state index contributed by atoms with van der Waals surface area (Å²) in [6.07, 6.45) is 1.31. The Hall–Kier alpha value is -2.63. The van der Waals surface area contributed by atoms with Gasteiger partial charge in [0.05, 0.1) is 7.11 Å². The van der Waals surface area contributed by atoms with Crippen molar-refractivity contribution in [3.8, 4) is 5.75 Å². The Morgan fingerprint density at radius 2 is 1.89 bits per heavy atom. The Labute approximate surface area is 158 Å². The summed E-state index contributed by atoms with van der Waals surface area (Å²) in [5, 5.41) is 3.23. The van der Waals surface area contributed by atoms with Crippen molar-refractivity contribution >= 4 is 5.96 Å². The number of likely N-dealkylation sites (tertiary alicyclic amines) is 1. The van der Waals surface area contributed by atoms with Crippen LogP contribution >= 0.6 is 0 Å². The molecular weight excluding hydrogens is 348 g/mol. The number of benzene rings is 2. The molecule has 6 heteroatoms. The van der Waals surface area contributed by atoms with Crippen LogP contribution in [-0.2, 0) is 6.42 Å². The molecule has 0 bridgehead atoms. The third-order valence-electron chi connectivity index (χ3n) is 5.01. The van der Waals surface area contributed by atoms with E-state index >= 15 is 0 Å². The van der Waals surface area contributed by atoms with E-state index in [0.717, 1.165) is 31.2 Å². The highest BCUT2D eigenvalue weighted by atomic mass is 19.1. The normalized spacial score (nSPS) is 17.3. The van der Waals surface area contributed by atoms with E-state index in [0.29, 0.717) is 12.5 Å². The van der Waals surface area contributed by atoms with E-state index in [9.17, 15) is 8.78 Å². The highest BCUT2D eigenvalue weighted by Crippen LogP contribution is 2.28. The molecule has 1 atom stereocenters. The minimum Gasteiger partial charge on any atom is -0.497 e. The number of ether oxygens (including phenoxy) is 1. The molecule has 0 saturated carbocycles. The molecule has 0 radical (unpaired) electrons. The van der Waals surface area contributed by atoms with E-state index in [-0.39, 0.29) is 12.0 Å². The van der Waals surface area contributed by atoms with Gasteiger partial charge in [-0.2, -0.15) is 0 Å². The summed E-state index contributed by atoms with van der Waals surface area (Å²) in [7, 11) is 3.39. The van der Waals surface area contributed by atoms with Gasteiger partial charge < -0.3 is 15.0 Å². The number of aliphatic imine (C=N–C) groups is 1. The quantitative estimate of drug-likeness (QED) is 0.643. The van der Waals surface area contributed by atoms with Gasteiger partial charge in [0.15, 0.2) is 5.96 Å². The van der Waals surface area contributed by atoms with Crippen molar-refractivity contribution in [2.75, 3.05) is 33.8 Å². The molecule has 0 aromatic heterocycles. The van der Waals surface area contributed by atoms with Crippen LogP contribution in [0.25, 0.3) is 0 Å². The lowest BCUT2D eigenvalue weighted by molar-refractivity contribution is 0.414. The molecule has 27 heavy (non-hydrogen) atoms. The number of methoxy groups -OCH3 is 1. The van der Waals surface area contributed by atoms with E-state index in [4.69, 9.17) is 4.74 Å². The Bertz CT molecular complexity index is 772. The third kappa shape index (κ3) is 4.56. The second-order valence-electron chi connectivity index (χ2n) is 6.63. The highest BCUT2D eigenvalue weighted by molar-refractivity contribution is 5.80. The van der Waals surface area contributed by atoms with Crippen LogP contribution in [0.5, 0.6) is 5.75 Å². The van der Waals surface area contributed by atoms with Gasteiger partial charge in [0, 0.05) is 38.2 Å². The molecule has 1 N–H and O–H groups in total. The number of hydrogen-bond acceptors (Lipinski definition) is 2. The minimum atomic E-state index is -0.507. The second kappa shape index (κ2) is 8.84. The lowest BCUT2D eigenvalue weighted by atomic mass is 9.98. The molecule has 4 nitrogen and oxygen atoms in total. The molecule has 3 rings (SSSR count). The zero-order valence-corrected chi connectivity index (χ0v) is 15.7. The molecule has 1 unspecified atom stereocenters. The lowest BCUT2D eigenvalue weighted by Gasteiger charge is -2.22. The summed E-state index contributed by atoms with van der Waals surface area (Å²) in [4.78, 5) is 6.51. The second-order valence-corrected chi connectivity index (χ2v) is 6.63. The summed E-state index contributed by atoms with van der Waals surface area (Å²) in [6.45, 7) is 2.18. The van der Waals surface area contributed by atoms with Crippen molar-refractivity contribution in [1.82, 2.24) is 10.2 Å². The van der Waals surface area contributed by atoms with Gasteiger partial charge in [-0.05, 0) is 42.7 Å². The summed E-state index contributed by atoms with van der Waals surface area (Å²) in [6, 6.07) is 12.1. The summed E-state index contributed by atoms with van der Waals surface area (Å²) >= 11 is 0. The van der Waals surface area contributed by atoms with Crippen molar-refractivity contribution in [3.63, 3.8) is 0 Å². The molecule has 1 aliphatic rings. The number of hydrogen-bond donors (Lipinski definition) is 1. The largest absolute Gasteiger partial charge is 0.497 e. The van der Waals surface area contributed by atoms with Crippen LogP contribution in [0.2, 0.25) is 0 Å². The predicted molar refractivity (Wildman–Crippen MR) is 103 cm³/mol. The van der Waals surface area contributed by atoms with Crippen molar-refractivity contribution in [2.24, 2.45) is 4.99 Å². The van der Waals surface area contributed by atoms with Crippen LogP contribution in [0.15, 0.2) is 47.5 Å². The molecule has 2 aromatic rings. The minimum absolute atomic E-state index is 0.109. The van der Waals surface area contributed by atoms with Crippen molar-refractivity contribution in [1.29, 1.82) is 0 Å². The van der Waals surface area contributed by atoms with Crippen LogP contribution in [0, 0.1) is 11.6 Å². The predicted octanol–water partition coefficient (Wildman–Crippen LogP) is 3.58. The number of nitrogens with zero attached hydrogens (tertiary/aromatic N) is 2. The smallest absolute Gasteiger partial charge is 0.193 e. The number of rotatable bonds is 5. The van der Waals surface area contributed by atoms with E-state index < -0.39 is 11.6 Å². The van der Waals surface area contributed by atoms with Gasteiger partial charge in [-0.1, -0.05) is 18.2 Å².